The van der Waals surface area contributed by atoms with Crippen LogP contribution in [0.25, 0.3) is 0 Å². The van der Waals surface area contributed by atoms with E-state index in [0.29, 0.717) is 0 Å². The number of aliphatic hydroxyl groups is 3. The van der Waals surface area contributed by atoms with Crippen molar-refractivity contribution in [2.24, 2.45) is 0 Å². The van der Waals surface area contributed by atoms with Crippen molar-refractivity contribution in [1.29, 1.82) is 0 Å². The number of aliphatic hydroxyl groups excluding tert-OH is 3. The molecule has 0 saturated carbocycles. The van der Waals surface area contributed by atoms with Gasteiger partial charge in [0.15, 0.2) is 6.23 Å². The third-order valence-corrected chi connectivity index (χ3v) is 4.46. The molecule has 13 heteroatoms. The van der Waals surface area contributed by atoms with Crippen molar-refractivity contribution in [2.75, 3.05) is 44.1 Å². The number of rotatable bonds is 12. The van der Waals surface area contributed by atoms with Gasteiger partial charge in [-0.15, -0.1) is 0 Å². The lowest BCUT2D eigenvalue weighted by molar-refractivity contribution is -0.384. The Labute approximate surface area is 182 Å². The summed E-state index contributed by atoms with van der Waals surface area (Å²) in [4.78, 5) is 22.4. The average molecular weight is 452 g/mol. The molecule has 4 N–H and O–H groups in total. The zero-order valence-electron chi connectivity index (χ0n) is 17.4. The van der Waals surface area contributed by atoms with Crippen molar-refractivity contribution < 1.29 is 34.6 Å². The van der Waals surface area contributed by atoms with Crippen LogP contribution in [0.2, 0.25) is 0 Å². The van der Waals surface area contributed by atoms with E-state index in [9.17, 15) is 30.4 Å². The normalized spacial score (nSPS) is 12.5. The molecule has 0 aromatic heterocycles. The minimum Gasteiger partial charge on any atom is -0.491 e. The maximum atomic E-state index is 11.4. The molecule has 0 amide bonds. The summed E-state index contributed by atoms with van der Waals surface area (Å²) in [6, 6.07) is 7.86. The van der Waals surface area contributed by atoms with Crippen LogP contribution in [0.4, 0.5) is 22.7 Å². The zero-order valence-corrected chi connectivity index (χ0v) is 17.4. The second kappa shape index (κ2) is 11.1. The first kappa shape index (κ1) is 24.6. The molecule has 0 saturated heterocycles. The summed E-state index contributed by atoms with van der Waals surface area (Å²) in [7, 11) is 2.93. The molecule has 2 unspecified atom stereocenters. The first-order valence-electron chi connectivity index (χ1n) is 9.38. The van der Waals surface area contributed by atoms with E-state index in [1.165, 1.54) is 55.4 Å². The Bertz CT molecular complexity index is 956. The summed E-state index contributed by atoms with van der Waals surface area (Å²) in [5.41, 5.74) is -0.187. The molecule has 0 radical (unpaired) electrons. The Morgan fingerprint density at radius 3 is 2.12 bits per heavy atom. The number of hydrogen-bond donors (Lipinski definition) is 4. The van der Waals surface area contributed by atoms with E-state index in [2.05, 4.69) is 5.32 Å². The summed E-state index contributed by atoms with van der Waals surface area (Å²) in [6.07, 6.45) is -2.44. The molecular weight excluding hydrogens is 428 g/mol. The number of nitrogens with one attached hydrogen (secondary N) is 1. The second-order valence-electron chi connectivity index (χ2n) is 6.64. The Morgan fingerprint density at radius 1 is 1.00 bits per heavy atom. The van der Waals surface area contributed by atoms with Crippen LogP contribution in [-0.2, 0) is 0 Å². The third kappa shape index (κ3) is 6.16. The molecule has 0 aliphatic heterocycles. The lowest BCUT2D eigenvalue weighted by Crippen LogP contribution is -2.36. The Kier molecular flexibility index (Phi) is 8.52. The molecule has 0 aliphatic carbocycles. The number of nitro benzene ring substituents is 2. The van der Waals surface area contributed by atoms with Crippen LogP contribution >= 0.6 is 0 Å². The van der Waals surface area contributed by atoms with Gasteiger partial charge in [0.05, 0.1) is 16.5 Å². The molecule has 0 heterocycles. The van der Waals surface area contributed by atoms with Gasteiger partial charge in [0, 0.05) is 38.4 Å². The van der Waals surface area contributed by atoms with Gasteiger partial charge in [-0.25, -0.2) is 0 Å². The molecule has 13 nitrogen and oxygen atoms in total. The largest absolute Gasteiger partial charge is 0.491 e. The number of benzene rings is 2. The van der Waals surface area contributed by atoms with Gasteiger partial charge in [0.2, 0.25) is 0 Å². The quantitative estimate of drug-likeness (QED) is 0.206. The molecule has 0 aliphatic rings. The van der Waals surface area contributed by atoms with Crippen molar-refractivity contribution >= 4 is 22.7 Å². The topological polar surface area (TPSA) is 181 Å². The Balaban J connectivity index is 2.16. The maximum absolute atomic E-state index is 11.4. The highest BCUT2D eigenvalue weighted by Crippen LogP contribution is 2.33. The minimum atomic E-state index is -1.32. The average Bonchev–Trinajstić information content (AvgIpc) is 2.79. The fourth-order valence-electron chi connectivity index (χ4n) is 2.68. The van der Waals surface area contributed by atoms with Crippen molar-refractivity contribution in [2.45, 2.75) is 12.3 Å². The van der Waals surface area contributed by atoms with E-state index in [0.717, 1.165) is 0 Å². The predicted octanol–water partition coefficient (Wildman–Crippen LogP) is 1.11. The summed E-state index contributed by atoms with van der Waals surface area (Å²) in [5, 5.41) is 53.8. The lowest BCUT2D eigenvalue weighted by Gasteiger charge is -2.26. The highest BCUT2D eigenvalue weighted by atomic mass is 16.6. The zero-order chi connectivity index (χ0) is 23.8. The standard InChI is InChI=1S/C19H24N4O9/c1-20-15-7-13(3-5-16(15)22(27)28)32-11-19(26)21(2)18-8-14(31-10-12(25)9-24)4-6-17(18)23(29)30/h3-8,12,19-20,24-26H,9-11H2,1-2H3. The van der Waals surface area contributed by atoms with E-state index in [4.69, 9.17) is 14.6 Å². The molecule has 32 heavy (non-hydrogen) atoms. The van der Waals surface area contributed by atoms with Crippen molar-refractivity contribution in [3.05, 3.63) is 56.6 Å². The van der Waals surface area contributed by atoms with Crippen molar-refractivity contribution in [3.63, 3.8) is 0 Å². The van der Waals surface area contributed by atoms with Crippen LogP contribution in [0.3, 0.4) is 0 Å². The number of ether oxygens (including phenoxy) is 2. The van der Waals surface area contributed by atoms with Crippen LogP contribution in [0.15, 0.2) is 36.4 Å². The molecular formula is C19H24N4O9. The van der Waals surface area contributed by atoms with Crippen molar-refractivity contribution in [1.82, 2.24) is 0 Å². The lowest BCUT2D eigenvalue weighted by atomic mass is 10.2. The van der Waals surface area contributed by atoms with Crippen LogP contribution in [-0.4, -0.2) is 71.4 Å². The second-order valence-corrected chi connectivity index (χ2v) is 6.64. The third-order valence-electron chi connectivity index (χ3n) is 4.46. The highest BCUT2D eigenvalue weighted by Gasteiger charge is 2.23. The molecule has 2 aromatic rings. The minimum absolute atomic E-state index is 0.0294. The van der Waals surface area contributed by atoms with Gasteiger partial charge in [0.1, 0.15) is 42.2 Å². The number of hydrogen-bond acceptors (Lipinski definition) is 11. The smallest absolute Gasteiger partial charge is 0.292 e. The van der Waals surface area contributed by atoms with Gasteiger partial charge in [-0.1, -0.05) is 0 Å². The van der Waals surface area contributed by atoms with E-state index in [-0.39, 0.29) is 47.5 Å². The number of nitrogens with zero attached hydrogens (tertiary/aromatic N) is 3. The molecule has 2 atom stereocenters. The summed E-state index contributed by atoms with van der Waals surface area (Å²) >= 11 is 0. The summed E-state index contributed by atoms with van der Waals surface area (Å²) in [5.74, 6) is 0.434. The van der Waals surface area contributed by atoms with Gasteiger partial charge in [-0.2, -0.15) is 0 Å². The molecule has 0 spiro atoms. The van der Waals surface area contributed by atoms with Crippen LogP contribution in [0, 0.1) is 20.2 Å². The number of nitro groups is 2. The van der Waals surface area contributed by atoms with Crippen LogP contribution in [0.5, 0.6) is 11.5 Å². The molecule has 2 rings (SSSR count). The van der Waals surface area contributed by atoms with E-state index in [1.807, 2.05) is 0 Å². The van der Waals surface area contributed by atoms with Gasteiger partial charge in [-0.3, -0.25) is 20.2 Å². The maximum Gasteiger partial charge on any atom is 0.292 e. The Morgan fingerprint density at radius 2 is 1.56 bits per heavy atom. The number of anilines is 2. The van der Waals surface area contributed by atoms with Crippen LogP contribution in [0.1, 0.15) is 0 Å². The fraction of sp³-hybridized carbons (Fsp3) is 0.368. The molecule has 0 bridgehead atoms. The monoisotopic (exact) mass is 452 g/mol. The van der Waals surface area contributed by atoms with Crippen molar-refractivity contribution in [3.8, 4) is 11.5 Å². The van der Waals surface area contributed by atoms with E-state index in [1.54, 1.807) is 0 Å². The van der Waals surface area contributed by atoms with Gasteiger partial charge in [-0.05, 0) is 12.1 Å². The highest BCUT2D eigenvalue weighted by molar-refractivity contribution is 5.66. The molecule has 2 aromatic carbocycles. The van der Waals surface area contributed by atoms with E-state index < -0.39 is 28.8 Å². The fourth-order valence-corrected chi connectivity index (χ4v) is 2.68. The molecule has 174 valence electrons. The van der Waals surface area contributed by atoms with Crippen LogP contribution < -0.4 is 19.7 Å². The number of likely N-dealkylation sites (N-methyl/N-ethyl adjacent to an activating group) is 1. The van der Waals surface area contributed by atoms with Gasteiger partial charge in [0.25, 0.3) is 11.4 Å². The Hall–Kier alpha value is -3.68. The first-order chi connectivity index (χ1) is 15.2. The summed E-state index contributed by atoms with van der Waals surface area (Å²) < 4.78 is 10.8. The molecule has 0 fully saturated rings. The SMILES string of the molecule is CNc1cc(OCC(O)N(C)c2cc(OCC(O)CO)ccc2[N+](=O)[O-])ccc1[N+](=O)[O-]. The van der Waals surface area contributed by atoms with Gasteiger partial charge < -0.3 is 35.0 Å². The first-order valence-corrected chi connectivity index (χ1v) is 9.38. The van der Waals surface area contributed by atoms with E-state index >= 15 is 0 Å². The summed E-state index contributed by atoms with van der Waals surface area (Å²) in [6.45, 7) is -1.03. The predicted molar refractivity (Wildman–Crippen MR) is 114 cm³/mol. The van der Waals surface area contributed by atoms with Gasteiger partial charge >= 0.3 is 0 Å².